The molecule has 0 saturated heterocycles. The zero-order valence-electron chi connectivity index (χ0n) is 11.7. The van der Waals surface area contributed by atoms with Crippen LogP contribution in [-0.2, 0) is 9.59 Å². The fourth-order valence-corrected chi connectivity index (χ4v) is 2.22. The Labute approximate surface area is 125 Å². The zero-order valence-corrected chi connectivity index (χ0v) is 11.7. The number of hydrogen-bond acceptors (Lipinski definition) is 5. The number of Topliss-reactive ketones (excluding diaryl/α,β-unsaturated/α-hetero) is 1. The van der Waals surface area contributed by atoms with Crippen LogP contribution in [0.25, 0.3) is 0 Å². The van der Waals surface area contributed by atoms with Crippen LogP contribution in [0.1, 0.15) is 29.7 Å². The molecule has 0 saturated carbocycles. The summed E-state index contributed by atoms with van der Waals surface area (Å²) in [7, 11) is 0. The minimum Gasteiger partial charge on any atom is -0.324 e. The molecule has 2 heterocycles. The molecule has 1 aromatic heterocycles. The molecule has 0 fully saturated rings. The van der Waals surface area contributed by atoms with Crippen molar-refractivity contribution in [1.29, 1.82) is 0 Å². The third kappa shape index (κ3) is 2.58. The van der Waals surface area contributed by atoms with Crippen LogP contribution in [0.5, 0.6) is 0 Å². The zero-order chi connectivity index (χ0) is 15.7. The van der Waals surface area contributed by atoms with Gasteiger partial charge >= 0.3 is 0 Å². The molecule has 0 spiro atoms. The molecule has 8 heteroatoms. The van der Waals surface area contributed by atoms with Crippen molar-refractivity contribution in [2.45, 2.75) is 19.4 Å². The molecule has 3 rings (SSSR count). The first-order valence-electron chi connectivity index (χ1n) is 6.66. The smallest absolute Gasteiger partial charge is 0.249 e. The van der Waals surface area contributed by atoms with E-state index in [-0.39, 0.29) is 30.0 Å². The predicted molar refractivity (Wildman–Crippen MR) is 77.4 cm³/mol. The van der Waals surface area contributed by atoms with E-state index in [2.05, 4.69) is 20.7 Å². The van der Waals surface area contributed by atoms with Gasteiger partial charge in [-0.15, -0.1) is 0 Å². The largest absolute Gasteiger partial charge is 0.324 e. The first kappa shape index (κ1) is 13.9. The van der Waals surface area contributed by atoms with Gasteiger partial charge in [-0.1, -0.05) is 0 Å². The fraction of sp³-hybridized carbons (Fsp3) is 0.214. The van der Waals surface area contributed by atoms with E-state index in [1.54, 1.807) is 24.3 Å². The minimum absolute atomic E-state index is 0.00623. The molecule has 8 nitrogen and oxygen atoms in total. The predicted octanol–water partition coefficient (Wildman–Crippen LogP) is 1.00. The van der Waals surface area contributed by atoms with Gasteiger partial charge in [0.2, 0.25) is 17.8 Å². The monoisotopic (exact) mass is 299 g/mol. The number of nitrogens with one attached hydrogen (secondary N) is 2. The minimum atomic E-state index is -0.751. The molecule has 1 atom stereocenters. The molecule has 2 amide bonds. The summed E-state index contributed by atoms with van der Waals surface area (Å²) in [6.07, 6.45) is 1.27. The van der Waals surface area contributed by atoms with Gasteiger partial charge in [-0.05, 0) is 31.2 Å². The van der Waals surface area contributed by atoms with Crippen molar-refractivity contribution < 1.29 is 14.4 Å². The standard InChI is InChI=1S/C14H13N5O3/c1-8(20)9-2-4-10(5-3-9)17-13(22)11-6-12(21)18-14-15-7-16-19(11)14/h2-5,7,11H,6H2,1H3,(H,17,22)(H,15,16,18,21). The Morgan fingerprint density at radius 3 is 2.73 bits per heavy atom. The van der Waals surface area contributed by atoms with Crippen LogP contribution in [0.2, 0.25) is 0 Å². The number of rotatable bonds is 3. The number of carbonyl (C=O) groups excluding carboxylic acids is 3. The Balaban J connectivity index is 1.78. The Hall–Kier alpha value is -3.03. The Kier molecular flexibility index (Phi) is 3.42. The number of anilines is 2. The number of benzene rings is 1. The summed E-state index contributed by atoms with van der Waals surface area (Å²) in [6, 6.07) is 5.79. The van der Waals surface area contributed by atoms with Crippen molar-refractivity contribution in [3.8, 4) is 0 Å². The number of carbonyl (C=O) groups is 3. The van der Waals surface area contributed by atoms with Crippen molar-refractivity contribution in [1.82, 2.24) is 14.8 Å². The Bertz CT molecular complexity index is 750. The van der Waals surface area contributed by atoms with E-state index in [0.29, 0.717) is 11.3 Å². The van der Waals surface area contributed by atoms with E-state index in [1.807, 2.05) is 0 Å². The van der Waals surface area contributed by atoms with Gasteiger partial charge < -0.3 is 5.32 Å². The van der Waals surface area contributed by atoms with Gasteiger partial charge in [-0.25, -0.2) is 4.68 Å². The van der Waals surface area contributed by atoms with Gasteiger partial charge in [0.1, 0.15) is 12.4 Å². The Morgan fingerprint density at radius 1 is 1.32 bits per heavy atom. The highest BCUT2D eigenvalue weighted by Crippen LogP contribution is 2.23. The summed E-state index contributed by atoms with van der Waals surface area (Å²) in [6.45, 7) is 1.47. The molecule has 112 valence electrons. The van der Waals surface area contributed by atoms with Crippen LogP contribution in [0.4, 0.5) is 11.6 Å². The third-order valence-electron chi connectivity index (χ3n) is 3.36. The number of hydrogen-bond donors (Lipinski definition) is 2. The molecule has 1 aromatic carbocycles. The van der Waals surface area contributed by atoms with Crippen LogP contribution in [0, 0.1) is 0 Å². The Morgan fingerprint density at radius 2 is 2.05 bits per heavy atom. The van der Waals surface area contributed by atoms with E-state index in [0.717, 1.165) is 0 Å². The van der Waals surface area contributed by atoms with Crippen molar-refractivity contribution in [2.24, 2.45) is 0 Å². The molecule has 22 heavy (non-hydrogen) atoms. The second kappa shape index (κ2) is 5.40. The molecular weight excluding hydrogens is 286 g/mol. The lowest BCUT2D eigenvalue weighted by Gasteiger charge is -2.22. The quantitative estimate of drug-likeness (QED) is 0.822. The highest BCUT2D eigenvalue weighted by Gasteiger charge is 2.31. The summed E-state index contributed by atoms with van der Waals surface area (Å²) in [5.41, 5.74) is 1.11. The maximum Gasteiger partial charge on any atom is 0.249 e. The van der Waals surface area contributed by atoms with E-state index in [4.69, 9.17) is 0 Å². The van der Waals surface area contributed by atoms with Gasteiger partial charge in [-0.2, -0.15) is 10.1 Å². The number of fused-ring (bicyclic) bond motifs is 1. The van der Waals surface area contributed by atoms with Crippen LogP contribution >= 0.6 is 0 Å². The van der Waals surface area contributed by atoms with E-state index < -0.39 is 6.04 Å². The van der Waals surface area contributed by atoms with Gasteiger partial charge in [0.25, 0.3) is 0 Å². The van der Waals surface area contributed by atoms with Crippen molar-refractivity contribution in [3.05, 3.63) is 36.2 Å². The third-order valence-corrected chi connectivity index (χ3v) is 3.36. The van der Waals surface area contributed by atoms with E-state index in [9.17, 15) is 14.4 Å². The normalized spacial score (nSPS) is 16.6. The molecule has 1 aliphatic rings. The SMILES string of the molecule is CC(=O)c1ccc(NC(=O)C2CC(=O)Nc3ncnn32)cc1. The lowest BCUT2D eigenvalue weighted by Crippen LogP contribution is -2.35. The highest BCUT2D eigenvalue weighted by molar-refractivity contribution is 6.01. The van der Waals surface area contributed by atoms with Crippen molar-refractivity contribution in [3.63, 3.8) is 0 Å². The van der Waals surface area contributed by atoms with Crippen LogP contribution in [-0.4, -0.2) is 32.4 Å². The van der Waals surface area contributed by atoms with E-state index in [1.165, 1.54) is 17.9 Å². The average molecular weight is 299 g/mol. The highest BCUT2D eigenvalue weighted by atomic mass is 16.2. The molecular formula is C14H13N5O3. The van der Waals surface area contributed by atoms with Crippen molar-refractivity contribution in [2.75, 3.05) is 10.6 Å². The van der Waals surface area contributed by atoms with Crippen molar-refractivity contribution >= 4 is 29.2 Å². The summed E-state index contributed by atoms with van der Waals surface area (Å²) in [5, 5.41) is 9.21. The molecule has 0 bridgehead atoms. The van der Waals surface area contributed by atoms with Crippen LogP contribution in [0.15, 0.2) is 30.6 Å². The van der Waals surface area contributed by atoms with Gasteiger partial charge in [-0.3, -0.25) is 19.7 Å². The molecule has 2 N–H and O–H groups in total. The topological polar surface area (TPSA) is 106 Å². The lowest BCUT2D eigenvalue weighted by atomic mass is 10.1. The fourth-order valence-electron chi connectivity index (χ4n) is 2.22. The lowest BCUT2D eigenvalue weighted by molar-refractivity contribution is -0.125. The summed E-state index contributed by atoms with van der Waals surface area (Å²) >= 11 is 0. The summed E-state index contributed by atoms with van der Waals surface area (Å²) in [5.74, 6) is -0.442. The second-order valence-corrected chi connectivity index (χ2v) is 4.92. The maximum absolute atomic E-state index is 12.3. The molecule has 1 aliphatic heterocycles. The summed E-state index contributed by atoms with van der Waals surface area (Å²) < 4.78 is 1.38. The van der Waals surface area contributed by atoms with E-state index >= 15 is 0 Å². The number of amides is 2. The molecule has 0 aliphatic carbocycles. The molecule has 2 aromatic rings. The molecule has 1 unspecified atom stereocenters. The second-order valence-electron chi connectivity index (χ2n) is 4.92. The number of nitrogens with zero attached hydrogens (tertiary/aromatic N) is 3. The van der Waals surface area contributed by atoms with Crippen LogP contribution < -0.4 is 10.6 Å². The first-order chi connectivity index (χ1) is 10.5. The number of aromatic nitrogens is 3. The number of ketones is 1. The van der Waals surface area contributed by atoms with Gasteiger partial charge in [0.05, 0.1) is 6.42 Å². The average Bonchev–Trinajstić information content (AvgIpc) is 2.94. The van der Waals surface area contributed by atoms with Gasteiger partial charge in [0.15, 0.2) is 5.78 Å². The first-order valence-corrected chi connectivity index (χ1v) is 6.66. The van der Waals surface area contributed by atoms with Crippen LogP contribution in [0.3, 0.4) is 0 Å². The maximum atomic E-state index is 12.3. The molecule has 0 radical (unpaired) electrons. The summed E-state index contributed by atoms with van der Waals surface area (Å²) in [4.78, 5) is 39.0. The van der Waals surface area contributed by atoms with Gasteiger partial charge in [0, 0.05) is 11.3 Å².